The number of carbonyl (C=O) groups is 1. The van der Waals surface area contributed by atoms with Gasteiger partial charge >= 0.3 is 0 Å². The van der Waals surface area contributed by atoms with Crippen molar-refractivity contribution in [3.8, 4) is 11.8 Å². The average Bonchev–Trinajstić information content (AvgIpc) is 3.08. The third kappa shape index (κ3) is 5.36. The van der Waals surface area contributed by atoms with Crippen molar-refractivity contribution in [2.24, 2.45) is 0 Å². The molecule has 164 valence electrons. The summed E-state index contributed by atoms with van der Waals surface area (Å²) in [7, 11) is 1.56. The van der Waals surface area contributed by atoms with Crippen molar-refractivity contribution < 1.29 is 14.6 Å². The number of hydrogen-bond acceptors (Lipinski definition) is 4. The standard InChI is InChI=1S/C25H31N3O3/c1-17-12-20(18(2)28(17)22-9-5-4-6-10-22)13-21(15-26)25(30)27-16-24(29)19-8-7-11-23(14-19)31-3/h7-8,11-14,22,24,29H,4-6,9-10,16H2,1-3H3,(H,27,30)/b21-13+. The number of benzene rings is 1. The minimum atomic E-state index is -0.893. The van der Waals surface area contributed by atoms with Gasteiger partial charge in [0.25, 0.3) is 5.91 Å². The van der Waals surface area contributed by atoms with Crippen LogP contribution in [0.25, 0.3) is 6.08 Å². The minimum Gasteiger partial charge on any atom is -0.497 e. The molecule has 1 aliphatic carbocycles. The van der Waals surface area contributed by atoms with Gasteiger partial charge in [-0.3, -0.25) is 4.79 Å². The fourth-order valence-electron chi connectivity index (χ4n) is 4.41. The number of ether oxygens (including phenoxy) is 1. The molecule has 31 heavy (non-hydrogen) atoms. The highest BCUT2D eigenvalue weighted by Crippen LogP contribution is 2.32. The number of methoxy groups -OCH3 is 1. The molecule has 0 bridgehead atoms. The summed E-state index contributed by atoms with van der Waals surface area (Å²) in [5.41, 5.74) is 3.80. The summed E-state index contributed by atoms with van der Waals surface area (Å²) in [5.74, 6) is 0.140. The molecule has 1 aliphatic rings. The highest BCUT2D eigenvalue weighted by Gasteiger charge is 2.20. The van der Waals surface area contributed by atoms with Crippen LogP contribution in [0, 0.1) is 25.2 Å². The maximum atomic E-state index is 12.6. The molecular formula is C25H31N3O3. The molecule has 2 aromatic rings. The van der Waals surface area contributed by atoms with Gasteiger partial charge in [-0.1, -0.05) is 31.4 Å². The van der Waals surface area contributed by atoms with Crippen LogP contribution in [0.2, 0.25) is 0 Å². The highest BCUT2D eigenvalue weighted by molar-refractivity contribution is 6.01. The summed E-state index contributed by atoms with van der Waals surface area (Å²) in [4.78, 5) is 12.6. The molecule has 0 radical (unpaired) electrons. The number of hydrogen-bond donors (Lipinski definition) is 2. The lowest BCUT2D eigenvalue weighted by molar-refractivity contribution is -0.117. The van der Waals surface area contributed by atoms with Crippen molar-refractivity contribution in [2.45, 2.75) is 58.1 Å². The van der Waals surface area contributed by atoms with Crippen molar-refractivity contribution in [1.29, 1.82) is 5.26 Å². The summed E-state index contributed by atoms with van der Waals surface area (Å²) < 4.78 is 7.52. The molecule has 0 saturated heterocycles. The maximum absolute atomic E-state index is 12.6. The van der Waals surface area contributed by atoms with Gasteiger partial charge in [-0.25, -0.2) is 0 Å². The van der Waals surface area contributed by atoms with Crippen molar-refractivity contribution >= 4 is 12.0 Å². The van der Waals surface area contributed by atoms with Gasteiger partial charge in [0.1, 0.15) is 17.4 Å². The number of nitriles is 1. The van der Waals surface area contributed by atoms with Gasteiger partial charge in [0.15, 0.2) is 0 Å². The normalized spacial score (nSPS) is 15.9. The molecule has 1 aromatic carbocycles. The van der Waals surface area contributed by atoms with E-state index in [9.17, 15) is 15.2 Å². The number of rotatable bonds is 7. The molecule has 1 amide bonds. The lowest BCUT2D eigenvalue weighted by atomic mass is 9.95. The highest BCUT2D eigenvalue weighted by atomic mass is 16.5. The third-order valence-electron chi connectivity index (χ3n) is 6.06. The third-order valence-corrected chi connectivity index (χ3v) is 6.06. The molecule has 1 heterocycles. The second-order valence-corrected chi connectivity index (χ2v) is 8.16. The number of nitrogens with zero attached hydrogens (tertiary/aromatic N) is 2. The molecule has 1 unspecified atom stereocenters. The number of aliphatic hydroxyl groups is 1. The van der Waals surface area contributed by atoms with Crippen LogP contribution < -0.4 is 10.1 Å². The van der Waals surface area contributed by atoms with Crippen LogP contribution >= 0.6 is 0 Å². The maximum Gasteiger partial charge on any atom is 0.262 e. The zero-order chi connectivity index (χ0) is 22.4. The van der Waals surface area contributed by atoms with Crippen molar-refractivity contribution in [3.63, 3.8) is 0 Å². The Labute approximate surface area is 184 Å². The Balaban J connectivity index is 1.71. The van der Waals surface area contributed by atoms with E-state index in [0.29, 0.717) is 17.4 Å². The van der Waals surface area contributed by atoms with Crippen molar-refractivity contribution in [3.05, 3.63) is 58.4 Å². The number of aryl methyl sites for hydroxylation is 1. The van der Waals surface area contributed by atoms with Gasteiger partial charge in [-0.05, 0) is 62.1 Å². The van der Waals surface area contributed by atoms with E-state index >= 15 is 0 Å². The first-order valence-electron chi connectivity index (χ1n) is 10.8. The quantitative estimate of drug-likeness (QED) is 0.513. The van der Waals surface area contributed by atoms with Crippen LogP contribution in [0.15, 0.2) is 35.9 Å². The van der Waals surface area contributed by atoms with E-state index < -0.39 is 12.0 Å². The number of aromatic nitrogens is 1. The van der Waals surface area contributed by atoms with E-state index in [4.69, 9.17) is 4.74 Å². The van der Waals surface area contributed by atoms with Gasteiger partial charge < -0.3 is 19.7 Å². The number of nitrogens with one attached hydrogen (secondary N) is 1. The predicted molar refractivity (Wildman–Crippen MR) is 121 cm³/mol. The predicted octanol–water partition coefficient (Wildman–Crippen LogP) is 4.38. The molecule has 6 nitrogen and oxygen atoms in total. The minimum absolute atomic E-state index is 0.00607. The van der Waals surface area contributed by atoms with Gasteiger partial charge in [0.05, 0.1) is 13.2 Å². The Kier molecular flexibility index (Phi) is 7.54. The average molecular weight is 422 g/mol. The largest absolute Gasteiger partial charge is 0.497 e. The van der Waals surface area contributed by atoms with Gasteiger partial charge in [0.2, 0.25) is 0 Å². The van der Waals surface area contributed by atoms with Crippen LogP contribution in [-0.4, -0.2) is 29.2 Å². The van der Waals surface area contributed by atoms with Gasteiger partial charge in [-0.2, -0.15) is 5.26 Å². The fourth-order valence-corrected chi connectivity index (χ4v) is 4.41. The summed E-state index contributed by atoms with van der Waals surface area (Å²) in [5, 5.41) is 22.6. The van der Waals surface area contributed by atoms with E-state index in [1.54, 1.807) is 37.5 Å². The smallest absolute Gasteiger partial charge is 0.262 e. The molecule has 3 rings (SSSR count). The first kappa shape index (κ1) is 22.6. The topological polar surface area (TPSA) is 87.3 Å². The summed E-state index contributed by atoms with van der Waals surface area (Å²) in [6, 6.07) is 11.6. The molecule has 1 fully saturated rings. The zero-order valence-corrected chi connectivity index (χ0v) is 18.5. The molecule has 1 aromatic heterocycles. The molecule has 1 atom stereocenters. The van der Waals surface area contributed by atoms with E-state index in [1.165, 1.54) is 32.1 Å². The van der Waals surface area contributed by atoms with E-state index in [-0.39, 0.29) is 12.1 Å². The lowest BCUT2D eigenvalue weighted by Gasteiger charge is -2.26. The second-order valence-electron chi connectivity index (χ2n) is 8.16. The van der Waals surface area contributed by atoms with E-state index in [2.05, 4.69) is 16.8 Å². The Bertz CT molecular complexity index is 994. The lowest BCUT2D eigenvalue weighted by Crippen LogP contribution is -2.29. The molecule has 2 N–H and O–H groups in total. The zero-order valence-electron chi connectivity index (χ0n) is 18.5. The fraction of sp³-hybridized carbons (Fsp3) is 0.440. The summed E-state index contributed by atoms with van der Waals surface area (Å²) in [6.07, 6.45) is 6.89. The van der Waals surface area contributed by atoms with Crippen molar-refractivity contribution in [1.82, 2.24) is 9.88 Å². The number of carbonyl (C=O) groups excluding carboxylic acids is 1. The molecule has 1 saturated carbocycles. The van der Waals surface area contributed by atoms with Crippen LogP contribution in [0.3, 0.4) is 0 Å². The SMILES string of the molecule is COc1cccc(C(O)CNC(=O)/C(C#N)=C/c2cc(C)n(C3CCCCC3)c2C)c1. The summed E-state index contributed by atoms with van der Waals surface area (Å²) >= 11 is 0. The van der Waals surface area contributed by atoms with Crippen LogP contribution in [0.1, 0.15) is 66.8 Å². The Hall–Kier alpha value is -3.04. The van der Waals surface area contributed by atoms with Gasteiger partial charge in [0, 0.05) is 24.0 Å². The first-order valence-corrected chi connectivity index (χ1v) is 10.8. The Morgan fingerprint density at radius 2 is 2.06 bits per heavy atom. The first-order chi connectivity index (χ1) is 14.9. The Morgan fingerprint density at radius 3 is 2.74 bits per heavy atom. The summed E-state index contributed by atoms with van der Waals surface area (Å²) in [6.45, 7) is 4.13. The van der Waals surface area contributed by atoms with E-state index in [0.717, 1.165) is 17.0 Å². The monoisotopic (exact) mass is 421 g/mol. The van der Waals surface area contributed by atoms with Crippen LogP contribution in [-0.2, 0) is 4.79 Å². The van der Waals surface area contributed by atoms with Crippen LogP contribution in [0.4, 0.5) is 0 Å². The molecule has 0 aliphatic heterocycles. The molecule has 6 heteroatoms. The van der Waals surface area contributed by atoms with Gasteiger partial charge in [-0.15, -0.1) is 0 Å². The molecular weight excluding hydrogens is 390 g/mol. The van der Waals surface area contributed by atoms with Crippen molar-refractivity contribution in [2.75, 3.05) is 13.7 Å². The van der Waals surface area contributed by atoms with E-state index in [1.807, 2.05) is 19.1 Å². The molecule has 0 spiro atoms. The van der Waals surface area contributed by atoms with Crippen LogP contribution in [0.5, 0.6) is 5.75 Å². The Morgan fingerprint density at radius 1 is 1.32 bits per heavy atom. The second kappa shape index (κ2) is 10.3. The number of aliphatic hydroxyl groups excluding tert-OH is 1. The number of amides is 1.